The van der Waals surface area contributed by atoms with Crippen LogP contribution >= 0.6 is 0 Å². The summed E-state index contributed by atoms with van der Waals surface area (Å²) in [6, 6.07) is 32.1. The van der Waals surface area contributed by atoms with Gasteiger partial charge in [-0.3, -0.25) is 0 Å². The normalized spacial score (nSPS) is 14.8. The highest BCUT2D eigenvalue weighted by Crippen LogP contribution is 2.54. The first-order valence-corrected chi connectivity index (χ1v) is 10.1. The van der Waals surface area contributed by atoms with E-state index in [0.29, 0.717) is 0 Å². The quantitative estimate of drug-likeness (QED) is 0.298. The van der Waals surface area contributed by atoms with Crippen molar-refractivity contribution in [2.75, 3.05) is 4.90 Å². The summed E-state index contributed by atoms with van der Waals surface area (Å²) >= 11 is 0. The van der Waals surface area contributed by atoms with Gasteiger partial charge in [-0.05, 0) is 35.4 Å². The Labute approximate surface area is 170 Å². The van der Waals surface area contributed by atoms with Crippen LogP contribution in [0, 0.1) is 0 Å². The van der Waals surface area contributed by atoms with Gasteiger partial charge in [0, 0.05) is 21.9 Å². The third kappa shape index (κ3) is 2.17. The van der Waals surface area contributed by atoms with Crippen molar-refractivity contribution in [3.05, 3.63) is 102 Å². The maximum Gasteiger partial charge on any atom is 0.159 e. The number of anilines is 3. The summed E-state index contributed by atoms with van der Waals surface area (Å²) in [6.45, 7) is 4.61. The number of benzene rings is 4. The predicted octanol–water partition coefficient (Wildman–Crippen LogP) is 7.70. The summed E-state index contributed by atoms with van der Waals surface area (Å²) in [5.41, 5.74) is 7.88. The average molecular weight is 375 g/mol. The molecule has 0 saturated carbocycles. The fourth-order valence-corrected chi connectivity index (χ4v) is 4.81. The molecular formula is C27H21NO. The third-order valence-corrected chi connectivity index (χ3v) is 6.25. The van der Waals surface area contributed by atoms with Crippen molar-refractivity contribution in [2.24, 2.45) is 0 Å². The minimum absolute atomic E-state index is 0.121. The fraction of sp³-hybridized carbons (Fsp3) is 0.111. The highest BCUT2D eigenvalue weighted by atomic mass is 16.3. The summed E-state index contributed by atoms with van der Waals surface area (Å²) in [5, 5.41) is 2.32. The van der Waals surface area contributed by atoms with Crippen LogP contribution < -0.4 is 4.90 Å². The molecule has 0 atom stereocenters. The molecule has 1 aromatic heterocycles. The van der Waals surface area contributed by atoms with Crippen molar-refractivity contribution in [2.45, 2.75) is 19.3 Å². The Morgan fingerprint density at radius 2 is 1.38 bits per heavy atom. The smallest absolute Gasteiger partial charge is 0.159 e. The minimum atomic E-state index is -0.121. The molecule has 0 unspecified atom stereocenters. The molecule has 2 heteroatoms. The van der Waals surface area contributed by atoms with Gasteiger partial charge >= 0.3 is 0 Å². The molecule has 29 heavy (non-hydrogen) atoms. The molecule has 5 aromatic rings. The Morgan fingerprint density at radius 1 is 0.655 bits per heavy atom. The molecule has 0 bridgehead atoms. The maximum absolute atomic E-state index is 6.47. The molecule has 1 aliphatic rings. The van der Waals surface area contributed by atoms with E-state index in [2.05, 4.69) is 104 Å². The lowest BCUT2D eigenvalue weighted by Gasteiger charge is -2.41. The van der Waals surface area contributed by atoms with E-state index in [4.69, 9.17) is 4.42 Å². The van der Waals surface area contributed by atoms with Gasteiger partial charge in [-0.2, -0.15) is 0 Å². The zero-order valence-electron chi connectivity index (χ0n) is 16.5. The van der Waals surface area contributed by atoms with Gasteiger partial charge in [-0.25, -0.2) is 0 Å². The maximum atomic E-state index is 6.47. The Morgan fingerprint density at radius 3 is 2.24 bits per heavy atom. The molecule has 140 valence electrons. The molecule has 4 aromatic carbocycles. The fourth-order valence-electron chi connectivity index (χ4n) is 4.81. The molecular weight excluding hydrogens is 354 g/mol. The van der Waals surface area contributed by atoms with Crippen LogP contribution in [0.3, 0.4) is 0 Å². The minimum Gasteiger partial charge on any atom is -0.454 e. The van der Waals surface area contributed by atoms with Gasteiger partial charge in [0.05, 0.1) is 11.4 Å². The van der Waals surface area contributed by atoms with E-state index >= 15 is 0 Å². The molecule has 0 aliphatic carbocycles. The zero-order valence-corrected chi connectivity index (χ0v) is 16.5. The standard InChI is InChI=1S/C27H21NO/c1-27(2)21-13-7-8-14-23(21)28(18-10-4-3-5-11-18)25-22(27)17-16-20-19-12-6-9-15-24(19)29-26(20)25/h3-17H,1-2H3. The lowest BCUT2D eigenvalue weighted by molar-refractivity contribution is 0.624. The van der Waals surface area contributed by atoms with Crippen LogP contribution in [0.25, 0.3) is 21.9 Å². The van der Waals surface area contributed by atoms with Gasteiger partial charge in [-0.1, -0.05) is 80.6 Å². The van der Waals surface area contributed by atoms with Gasteiger partial charge in [0.2, 0.25) is 0 Å². The van der Waals surface area contributed by atoms with Crippen molar-refractivity contribution in [3.8, 4) is 0 Å². The van der Waals surface area contributed by atoms with Gasteiger partial charge in [0.15, 0.2) is 5.58 Å². The first-order valence-electron chi connectivity index (χ1n) is 10.1. The summed E-state index contributed by atoms with van der Waals surface area (Å²) in [5.74, 6) is 0. The van der Waals surface area contributed by atoms with E-state index in [1.165, 1.54) is 16.8 Å². The molecule has 0 spiro atoms. The summed E-state index contributed by atoms with van der Waals surface area (Å²) in [4.78, 5) is 2.36. The number of hydrogen-bond donors (Lipinski definition) is 0. The second-order valence-electron chi connectivity index (χ2n) is 8.25. The molecule has 0 N–H and O–H groups in total. The van der Waals surface area contributed by atoms with Crippen molar-refractivity contribution < 1.29 is 4.42 Å². The molecule has 0 saturated heterocycles. The summed E-state index contributed by atoms with van der Waals surface area (Å²) in [7, 11) is 0. The highest BCUT2D eigenvalue weighted by molar-refractivity contribution is 6.12. The highest BCUT2D eigenvalue weighted by Gasteiger charge is 2.38. The van der Waals surface area contributed by atoms with E-state index in [1.807, 2.05) is 6.07 Å². The van der Waals surface area contributed by atoms with E-state index in [9.17, 15) is 0 Å². The SMILES string of the molecule is CC1(C)c2ccccc2N(c2ccccc2)c2c1ccc1c2oc2ccccc21. The largest absolute Gasteiger partial charge is 0.454 e. The molecule has 0 radical (unpaired) electrons. The van der Waals surface area contributed by atoms with Gasteiger partial charge in [0.25, 0.3) is 0 Å². The van der Waals surface area contributed by atoms with Crippen LogP contribution in [0.15, 0.2) is 95.4 Å². The molecule has 0 amide bonds. The van der Waals surface area contributed by atoms with Crippen LogP contribution in [0.5, 0.6) is 0 Å². The van der Waals surface area contributed by atoms with E-state index in [-0.39, 0.29) is 5.41 Å². The number of hydrogen-bond acceptors (Lipinski definition) is 2. The van der Waals surface area contributed by atoms with Crippen molar-refractivity contribution in [1.29, 1.82) is 0 Å². The van der Waals surface area contributed by atoms with E-state index < -0.39 is 0 Å². The number of furan rings is 1. The third-order valence-electron chi connectivity index (χ3n) is 6.25. The predicted molar refractivity (Wildman–Crippen MR) is 121 cm³/mol. The molecule has 2 heterocycles. The van der Waals surface area contributed by atoms with Crippen LogP contribution in [0.2, 0.25) is 0 Å². The second-order valence-corrected chi connectivity index (χ2v) is 8.25. The molecule has 6 rings (SSSR count). The van der Waals surface area contributed by atoms with Crippen molar-refractivity contribution in [3.63, 3.8) is 0 Å². The number of rotatable bonds is 1. The van der Waals surface area contributed by atoms with Crippen LogP contribution in [-0.4, -0.2) is 0 Å². The zero-order chi connectivity index (χ0) is 19.6. The van der Waals surface area contributed by atoms with E-state index in [0.717, 1.165) is 33.3 Å². The number of para-hydroxylation sites is 3. The van der Waals surface area contributed by atoms with Crippen molar-refractivity contribution in [1.82, 2.24) is 0 Å². The number of nitrogens with zero attached hydrogens (tertiary/aromatic N) is 1. The summed E-state index contributed by atoms with van der Waals surface area (Å²) in [6.07, 6.45) is 0. The Hall–Kier alpha value is -3.52. The Kier molecular flexibility index (Phi) is 3.25. The Bertz CT molecular complexity index is 1380. The first kappa shape index (κ1) is 16.4. The Balaban J connectivity index is 1.79. The van der Waals surface area contributed by atoms with Gasteiger partial charge in [-0.15, -0.1) is 0 Å². The molecule has 1 aliphatic heterocycles. The average Bonchev–Trinajstić information content (AvgIpc) is 3.14. The number of fused-ring (bicyclic) bond motifs is 6. The lowest BCUT2D eigenvalue weighted by atomic mass is 9.73. The topological polar surface area (TPSA) is 16.4 Å². The monoisotopic (exact) mass is 375 g/mol. The molecule has 2 nitrogen and oxygen atoms in total. The van der Waals surface area contributed by atoms with Gasteiger partial charge < -0.3 is 9.32 Å². The second kappa shape index (κ2) is 5.74. The lowest BCUT2D eigenvalue weighted by Crippen LogP contribution is -2.30. The van der Waals surface area contributed by atoms with Crippen LogP contribution in [-0.2, 0) is 5.41 Å². The van der Waals surface area contributed by atoms with Crippen LogP contribution in [0.1, 0.15) is 25.0 Å². The van der Waals surface area contributed by atoms with E-state index in [1.54, 1.807) is 0 Å². The molecule has 0 fully saturated rings. The van der Waals surface area contributed by atoms with Gasteiger partial charge in [0.1, 0.15) is 5.58 Å². The van der Waals surface area contributed by atoms with Crippen LogP contribution in [0.4, 0.5) is 17.1 Å². The first-order chi connectivity index (χ1) is 14.2. The van der Waals surface area contributed by atoms with Crippen molar-refractivity contribution >= 4 is 39.0 Å². The summed E-state index contributed by atoms with van der Waals surface area (Å²) < 4.78 is 6.47.